The van der Waals surface area contributed by atoms with Crippen LogP contribution in [0.5, 0.6) is 5.75 Å². The Morgan fingerprint density at radius 3 is 2.73 bits per heavy atom. The molecular weight excluding hydrogens is 322 g/mol. The van der Waals surface area contributed by atoms with Crippen molar-refractivity contribution >= 4 is 22.7 Å². The summed E-state index contributed by atoms with van der Waals surface area (Å²) >= 11 is 0. The van der Waals surface area contributed by atoms with E-state index < -0.39 is 0 Å². The number of rotatable bonds is 5. The second-order valence-corrected chi connectivity index (χ2v) is 6.58. The van der Waals surface area contributed by atoms with Gasteiger partial charge in [0.05, 0.1) is 22.7 Å². The monoisotopic (exact) mass is 345 g/mol. The molecule has 0 fully saturated rings. The van der Waals surface area contributed by atoms with E-state index in [0.717, 1.165) is 28.8 Å². The van der Waals surface area contributed by atoms with Crippen molar-refractivity contribution in [3.05, 3.63) is 58.9 Å². The molecule has 0 aliphatic heterocycles. The van der Waals surface area contributed by atoms with Gasteiger partial charge in [-0.25, -0.2) is 4.98 Å². The quantitative estimate of drug-likeness (QED) is 0.628. The molecular formula is C22H23N3O. The number of hydrogen-bond acceptors (Lipinski definition) is 3. The van der Waals surface area contributed by atoms with Gasteiger partial charge >= 0.3 is 0 Å². The molecule has 0 aliphatic rings. The first-order valence-electron chi connectivity index (χ1n) is 8.86. The third kappa shape index (κ3) is 3.62. The largest absolute Gasteiger partial charge is 0.490 e. The number of nitriles is 1. The van der Waals surface area contributed by atoms with Gasteiger partial charge in [0.1, 0.15) is 17.6 Å². The van der Waals surface area contributed by atoms with Crippen LogP contribution >= 0.6 is 0 Å². The van der Waals surface area contributed by atoms with Crippen molar-refractivity contribution < 1.29 is 4.74 Å². The van der Waals surface area contributed by atoms with Gasteiger partial charge in [-0.3, -0.25) is 0 Å². The van der Waals surface area contributed by atoms with E-state index in [9.17, 15) is 5.26 Å². The number of nitrogens with zero attached hydrogens (tertiary/aromatic N) is 2. The van der Waals surface area contributed by atoms with Crippen molar-refractivity contribution in [1.82, 2.24) is 9.97 Å². The fraction of sp³-hybridized carbons (Fsp3) is 0.273. The molecule has 1 aromatic heterocycles. The van der Waals surface area contributed by atoms with Crippen LogP contribution in [0, 0.1) is 25.2 Å². The molecule has 3 rings (SSSR count). The molecule has 0 amide bonds. The van der Waals surface area contributed by atoms with E-state index in [1.165, 1.54) is 11.1 Å². The van der Waals surface area contributed by atoms with Crippen LogP contribution in [-0.2, 0) is 0 Å². The summed E-state index contributed by atoms with van der Waals surface area (Å²) in [6, 6.07) is 14.1. The maximum atomic E-state index is 9.67. The Morgan fingerprint density at radius 1 is 1.27 bits per heavy atom. The van der Waals surface area contributed by atoms with E-state index >= 15 is 0 Å². The minimum Gasteiger partial charge on any atom is -0.490 e. The Bertz CT molecular complexity index is 969. The predicted molar refractivity (Wildman–Crippen MR) is 106 cm³/mol. The molecule has 2 aromatic carbocycles. The first-order chi connectivity index (χ1) is 12.5. The van der Waals surface area contributed by atoms with E-state index in [4.69, 9.17) is 4.74 Å². The fourth-order valence-corrected chi connectivity index (χ4v) is 2.71. The molecule has 26 heavy (non-hydrogen) atoms. The Balaban J connectivity index is 2.03. The molecule has 0 spiro atoms. The standard InChI is InChI=1S/C22H23N3O/c1-5-16(4)26-21-9-7-6-8-17(21)12-18(13-23)22-24-19-10-14(2)15(3)11-20(19)25-22/h6-12,16H,5H2,1-4H3,(H,24,25)/b18-12+/t16-/m0/s1. The average Bonchev–Trinajstić information content (AvgIpc) is 3.03. The van der Waals surface area contributed by atoms with Crippen LogP contribution in [0.25, 0.3) is 22.7 Å². The first kappa shape index (κ1) is 17.8. The highest BCUT2D eigenvalue weighted by Crippen LogP contribution is 2.26. The van der Waals surface area contributed by atoms with Crippen LogP contribution in [0.2, 0.25) is 0 Å². The van der Waals surface area contributed by atoms with Crippen molar-refractivity contribution in [2.45, 2.75) is 40.2 Å². The molecule has 1 atom stereocenters. The number of H-pyrrole nitrogens is 1. The van der Waals surface area contributed by atoms with E-state index in [0.29, 0.717) is 11.4 Å². The minimum atomic E-state index is 0.118. The molecule has 0 aliphatic carbocycles. The minimum absolute atomic E-state index is 0.118. The second-order valence-electron chi connectivity index (χ2n) is 6.58. The number of aryl methyl sites for hydroxylation is 2. The molecule has 0 radical (unpaired) electrons. The van der Waals surface area contributed by atoms with Crippen LogP contribution in [0.1, 0.15) is 42.8 Å². The van der Waals surface area contributed by atoms with Crippen LogP contribution in [0.3, 0.4) is 0 Å². The Hall–Kier alpha value is -3.06. The van der Waals surface area contributed by atoms with Gasteiger partial charge in [0.15, 0.2) is 0 Å². The summed E-state index contributed by atoms with van der Waals surface area (Å²) in [6.45, 7) is 8.25. The van der Waals surface area contributed by atoms with Gasteiger partial charge < -0.3 is 9.72 Å². The zero-order valence-corrected chi connectivity index (χ0v) is 15.6. The Kier molecular flexibility index (Phi) is 5.09. The smallest absolute Gasteiger partial charge is 0.149 e. The summed E-state index contributed by atoms with van der Waals surface area (Å²) in [5.41, 5.74) is 5.54. The lowest BCUT2D eigenvalue weighted by atomic mass is 10.1. The number of nitrogens with one attached hydrogen (secondary N) is 1. The number of ether oxygens (including phenoxy) is 1. The van der Waals surface area contributed by atoms with Crippen molar-refractivity contribution in [2.75, 3.05) is 0 Å². The number of para-hydroxylation sites is 1. The van der Waals surface area contributed by atoms with Gasteiger partial charge in [0.2, 0.25) is 0 Å². The molecule has 132 valence electrons. The second kappa shape index (κ2) is 7.45. The highest BCUT2D eigenvalue weighted by molar-refractivity contribution is 5.91. The van der Waals surface area contributed by atoms with Gasteiger partial charge in [-0.05, 0) is 62.6 Å². The number of aromatic nitrogens is 2. The van der Waals surface area contributed by atoms with Gasteiger partial charge in [-0.15, -0.1) is 0 Å². The lowest BCUT2D eigenvalue weighted by Gasteiger charge is -2.14. The maximum Gasteiger partial charge on any atom is 0.149 e. The highest BCUT2D eigenvalue weighted by atomic mass is 16.5. The Labute approximate surface area is 154 Å². The van der Waals surface area contributed by atoms with Crippen molar-refractivity contribution in [2.24, 2.45) is 0 Å². The molecule has 4 heteroatoms. The predicted octanol–water partition coefficient (Wildman–Crippen LogP) is 5.42. The zero-order chi connectivity index (χ0) is 18.7. The number of hydrogen-bond donors (Lipinski definition) is 1. The molecule has 0 saturated heterocycles. The summed E-state index contributed by atoms with van der Waals surface area (Å²) < 4.78 is 5.98. The van der Waals surface area contributed by atoms with E-state index in [-0.39, 0.29) is 6.10 Å². The van der Waals surface area contributed by atoms with Crippen molar-refractivity contribution in [3.8, 4) is 11.8 Å². The topological polar surface area (TPSA) is 61.7 Å². The van der Waals surface area contributed by atoms with Gasteiger partial charge in [0.25, 0.3) is 0 Å². The third-order valence-electron chi connectivity index (χ3n) is 4.59. The summed E-state index contributed by atoms with van der Waals surface area (Å²) in [7, 11) is 0. The summed E-state index contributed by atoms with van der Waals surface area (Å²) in [6.07, 6.45) is 2.87. The fourth-order valence-electron chi connectivity index (χ4n) is 2.71. The number of imidazole rings is 1. The van der Waals surface area contributed by atoms with Crippen LogP contribution < -0.4 is 4.74 Å². The Morgan fingerprint density at radius 2 is 2.00 bits per heavy atom. The summed E-state index contributed by atoms with van der Waals surface area (Å²) in [4.78, 5) is 7.87. The lowest BCUT2D eigenvalue weighted by Crippen LogP contribution is -2.10. The summed E-state index contributed by atoms with van der Waals surface area (Å²) in [5.74, 6) is 1.35. The molecule has 0 unspecified atom stereocenters. The van der Waals surface area contributed by atoms with Crippen LogP contribution in [0.15, 0.2) is 36.4 Å². The highest BCUT2D eigenvalue weighted by Gasteiger charge is 2.11. The number of allylic oxidation sites excluding steroid dienone is 1. The van der Waals surface area contributed by atoms with Gasteiger partial charge in [-0.2, -0.15) is 5.26 Å². The molecule has 0 saturated carbocycles. The third-order valence-corrected chi connectivity index (χ3v) is 4.59. The van der Waals surface area contributed by atoms with Crippen molar-refractivity contribution in [1.29, 1.82) is 5.26 Å². The molecule has 0 bridgehead atoms. The average molecular weight is 345 g/mol. The molecule has 3 aromatic rings. The molecule has 1 N–H and O–H groups in total. The van der Waals surface area contributed by atoms with E-state index in [2.05, 4.69) is 42.9 Å². The van der Waals surface area contributed by atoms with Crippen molar-refractivity contribution in [3.63, 3.8) is 0 Å². The normalized spacial score (nSPS) is 12.8. The lowest BCUT2D eigenvalue weighted by molar-refractivity contribution is 0.217. The van der Waals surface area contributed by atoms with Crippen LogP contribution in [-0.4, -0.2) is 16.1 Å². The summed E-state index contributed by atoms with van der Waals surface area (Å²) in [5, 5.41) is 9.67. The SMILES string of the molecule is CC[C@H](C)Oc1ccccc1/C=C(\C#N)c1nc2cc(C)c(C)cc2[nH]1. The maximum absolute atomic E-state index is 9.67. The molecule has 4 nitrogen and oxygen atoms in total. The number of fused-ring (bicyclic) bond motifs is 1. The van der Waals surface area contributed by atoms with E-state index in [1.54, 1.807) is 0 Å². The number of benzene rings is 2. The van der Waals surface area contributed by atoms with Gasteiger partial charge in [-0.1, -0.05) is 25.1 Å². The molecule has 1 heterocycles. The first-order valence-corrected chi connectivity index (χ1v) is 8.86. The zero-order valence-electron chi connectivity index (χ0n) is 15.6. The van der Waals surface area contributed by atoms with E-state index in [1.807, 2.05) is 43.3 Å². The van der Waals surface area contributed by atoms with Crippen LogP contribution in [0.4, 0.5) is 0 Å². The number of aromatic amines is 1. The van der Waals surface area contributed by atoms with Gasteiger partial charge in [0, 0.05) is 5.56 Å².